The molecule has 0 amide bonds. The summed E-state index contributed by atoms with van der Waals surface area (Å²) in [6.07, 6.45) is 4.24. The van der Waals surface area contributed by atoms with E-state index in [2.05, 4.69) is 30.7 Å². The molecule has 18 heavy (non-hydrogen) atoms. The van der Waals surface area contributed by atoms with Gasteiger partial charge in [0.1, 0.15) is 6.04 Å². The van der Waals surface area contributed by atoms with Crippen molar-refractivity contribution in [2.75, 3.05) is 33.8 Å². The molecule has 0 aromatic heterocycles. The van der Waals surface area contributed by atoms with Crippen molar-refractivity contribution in [3.63, 3.8) is 0 Å². The van der Waals surface area contributed by atoms with Crippen LogP contribution in [0.1, 0.15) is 39.5 Å². The zero-order chi connectivity index (χ0) is 13.5. The van der Waals surface area contributed by atoms with E-state index in [4.69, 9.17) is 4.74 Å². The van der Waals surface area contributed by atoms with Crippen molar-refractivity contribution in [3.05, 3.63) is 0 Å². The summed E-state index contributed by atoms with van der Waals surface area (Å²) in [4.78, 5) is 16.7. The van der Waals surface area contributed by atoms with Gasteiger partial charge in [-0.05, 0) is 33.4 Å². The first-order valence-electron chi connectivity index (χ1n) is 7.12. The van der Waals surface area contributed by atoms with Crippen molar-refractivity contribution >= 4 is 5.97 Å². The van der Waals surface area contributed by atoms with Gasteiger partial charge >= 0.3 is 5.97 Å². The highest BCUT2D eigenvalue weighted by Crippen LogP contribution is 2.17. The first-order valence-corrected chi connectivity index (χ1v) is 7.12. The number of carbonyl (C=O) groups is 1. The Labute approximate surface area is 111 Å². The van der Waals surface area contributed by atoms with Crippen LogP contribution >= 0.6 is 0 Å². The van der Waals surface area contributed by atoms with E-state index in [1.165, 1.54) is 7.11 Å². The average molecular weight is 256 g/mol. The molecule has 1 aliphatic heterocycles. The van der Waals surface area contributed by atoms with Crippen molar-refractivity contribution in [3.8, 4) is 0 Å². The lowest BCUT2D eigenvalue weighted by Gasteiger charge is -2.33. The maximum absolute atomic E-state index is 12.0. The zero-order valence-electron chi connectivity index (χ0n) is 12.3. The number of esters is 1. The van der Waals surface area contributed by atoms with Gasteiger partial charge in [0.25, 0.3) is 0 Å². The third-order valence-electron chi connectivity index (χ3n) is 3.80. The number of methoxy groups -OCH3 is 1. The summed E-state index contributed by atoms with van der Waals surface area (Å²) in [5, 5.41) is 0. The molecule has 0 aromatic carbocycles. The monoisotopic (exact) mass is 256 g/mol. The van der Waals surface area contributed by atoms with Gasteiger partial charge in [-0.25, -0.2) is 0 Å². The van der Waals surface area contributed by atoms with Crippen LogP contribution in [-0.2, 0) is 9.53 Å². The third-order valence-corrected chi connectivity index (χ3v) is 3.80. The molecule has 0 bridgehead atoms. The summed E-state index contributed by atoms with van der Waals surface area (Å²) >= 11 is 0. The van der Waals surface area contributed by atoms with Crippen LogP contribution in [0.3, 0.4) is 0 Å². The van der Waals surface area contributed by atoms with Crippen LogP contribution in [0, 0.1) is 0 Å². The minimum Gasteiger partial charge on any atom is -0.468 e. The van der Waals surface area contributed by atoms with Gasteiger partial charge in [0, 0.05) is 19.1 Å². The fourth-order valence-corrected chi connectivity index (χ4v) is 2.81. The van der Waals surface area contributed by atoms with Crippen LogP contribution in [0.2, 0.25) is 0 Å². The van der Waals surface area contributed by atoms with Gasteiger partial charge < -0.3 is 9.64 Å². The van der Waals surface area contributed by atoms with Crippen LogP contribution in [0.4, 0.5) is 0 Å². The van der Waals surface area contributed by atoms with Crippen LogP contribution in [0.15, 0.2) is 0 Å². The average Bonchev–Trinajstić information content (AvgIpc) is 2.51. The fourth-order valence-electron chi connectivity index (χ4n) is 2.81. The van der Waals surface area contributed by atoms with E-state index < -0.39 is 0 Å². The predicted octanol–water partition coefficient (Wildman–Crippen LogP) is 1.74. The molecule has 2 atom stereocenters. The lowest BCUT2D eigenvalue weighted by atomic mass is 10.1. The predicted molar refractivity (Wildman–Crippen MR) is 73.6 cm³/mol. The fraction of sp³-hybridized carbons (Fsp3) is 0.929. The standard InChI is InChI=1S/C14H28N2O2/c1-5-6-8-13(14(17)18-4)16-10-7-9-15(3)11-12(16)2/h12-13H,5-11H2,1-4H3. The molecule has 0 radical (unpaired) electrons. The van der Waals surface area contributed by atoms with E-state index in [1.54, 1.807) is 0 Å². The molecule has 1 fully saturated rings. The molecule has 4 nitrogen and oxygen atoms in total. The molecule has 1 aliphatic rings. The van der Waals surface area contributed by atoms with Crippen LogP contribution in [0.5, 0.6) is 0 Å². The second-order valence-electron chi connectivity index (χ2n) is 5.38. The molecule has 4 heteroatoms. The van der Waals surface area contributed by atoms with E-state index in [1.807, 2.05) is 0 Å². The highest BCUT2D eigenvalue weighted by molar-refractivity contribution is 5.75. The molecule has 0 saturated carbocycles. The Balaban J connectivity index is 2.72. The molecule has 0 aromatic rings. The van der Waals surface area contributed by atoms with Crippen molar-refractivity contribution < 1.29 is 9.53 Å². The summed E-state index contributed by atoms with van der Waals surface area (Å²) in [5.74, 6) is -0.0696. The number of rotatable bonds is 5. The smallest absolute Gasteiger partial charge is 0.323 e. The first kappa shape index (κ1) is 15.4. The Bertz CT molecular complexity index is 258. The molecule has 1 rings (SSSR count). The van der Waals surface area contributed by atoms with E-state index in [-0.39, 0.29) is 12.0 Å². The van der Waals surface area contributed by atoms with Crippen LogP contribution in [-0.4, -0.2) is 61.6 Å². The largest absolute Gasteiger partial charge is 0.468 e. The van der Waals surface area contributed by atoms with Gasteiger partial charge in [-0.15, -0.1) is 0 Å². The second-order valence-corrected chi connectivity index (χ2v) is 5.38. The highest BCUT2D eigenvalue weighted by atomic mass is 16.5. The van der Waals surface area contributed by atoms with Crippen LogP contribution < -0.4 is 0 Å². The highest BCUT2D eigenvalue weighted by Gasteiger charge is 2.31. The maximum atomic E-state index is 12.0. The number of likely N-dealkylation sites (N-methyl/N-ethyl adjacent to an activating group) is 1. The van der Waals surface area contributed by atoms with E-state index in [0.717, 1.165) is 45.3 Å². The number of ether oxygens (including phenoxy) is 1. The molecule has 0 N–H and O–H groups in total. The first-order chi connectivity index (χ1) is 8.60. The Morgan fingerprint density at radius 3 is 2.78 bits per heavy atom. The summed E-state index contributed by atoms with van der Waals surface area (Å²) in [6.45, 7) is 7.51. The van der Waals surface area contributed by atoms with E-state index in [0.29, 0.717) is 6.04 Å². The van der Waals surface area contributed by atoms with Gasteiger partial charge in [-0.3, -0.25) is 9.69 Å². The molecule has 0 spiro atoms. The Morgan fingerprint density at radius 1 is 1.44 bits per heavy atom. The maximum Gasteiger partial charge on any atom is 0.323 e. The topological polar surface area (TPSA) is 32.8 Å². The summed E-state index contributed by atoms with van der Waals surface area (Å²) < 4.78 is 4.98. The van der Waals surface area contributed by atoms with Gasteiger partial charge in [-0.2, -0.15) is 0 Å². The molecular formula is C14H28N2O2. The second kappa shape index (κ2) is 7.74. The number of nitrogens with zero attached hydrogens (tertiary/aromatic N) is 2. The van der Waals surface area contributed by atoms with E-state index in [9.17, 15) is 4.79 Å². The lowest BCUT2D eigenvalue weighted by molar-refractivity contribution is -0.148. The van der Waals surface area contributed by atoms with Gasteiger partial charge in [0.05, 0.1) is 7.11 Å². The lowest BCUT2D eigenvalue weighted by Crippen LogP contribution is -2.48. The summed E-state index contributed by atoms with van der Waals surface area (Å²) in [5.41, 5.74) is 0. The summed E-state index contributed by atoms with van der Waals surface area (Å²) in [6, 6.07) is 0.356. The number of unbranched alkanes of at least 4 members (excludes halogenated alkanes) is 1. The number of carbonyl (C=O) groups excluding carboxylic acids is 1. The van der Waals surface area contributed by atoms with Gasteiger partial charge in [0.15, 0.2) is 0 Å². The molecular weight excluding hydrogens is 228 g/mol. The number of hydrogen-bond donors (Lipinski definition) is 0. The molecule has 1 heterocycles. The quantitative estimate of drug-likeness (QED) is 0.702. The van der Waals surface area contributed by atoms with E-state index >= 15 is 0 Å². The minimum atomic E-state index is -0.0696. The molecule has 1 saturated heterocycles. The molecule has 2 unspecified atom stereocenters. The Morgan fingerprint density at radius 2 is 2.17 bits per heavy atom. The zero-order valence-corrected chi connectivity index (χ0v) is 12.3. The molecule has 0 aliphatic carbocycles. The van der Waals surface area contributed by atoms with Crippen LogP contribution in [0.25, 0.3) is 0 Å². The number of hydrogen-bond acceptors (Lipinski definition) is 4. The minimum absolute atomic E-state index is 0.0588. The molecule has 106 valence electrons. The van der Waals surface area contributed by atoms with Crippen molar-refractivity contribution in [2.24, 2.45) is 0 Å². The Kier molecular flexibility index (Phi) is 6.65. The van der Waals surface area contributed by atoms with Gasteiger partial charge in [0.2, 0.25) is 0 Å². The van der Waals surface area contributed by atoms with Crippen molar-refractivity contribution in [2.45, 2.75) is 51.6 Å². The summed E-state index contributed by atoms with van der Waals surface area (Å²) in [7, 11) is 3.65. The van der Waals surface area contributed by atoms with Gasteiger partial charge in [-0.1, -0.05) is 19.8 Å². The normalized spacial score (nSPS) is 24.6. The third kappa shape index (κ3) is 4.25. The van der Waals surface area contributed by atoms with Crippen molar-refractivity contribution in [1.29, 1.82) is 0 Å². The Hall–Kier alpha value is -0.610. The SMILES string of the molecule is CCCCC(C(=O)OC)N1CCCN(C)CC1C. The van der Waals surface area contributed by atoms with Crippen molar-refractivity contribution in [1.82, 2.24) is 9.80 Å².